The van der Waals surface area contributed by atoms with Gasteiger partial charge in [-0.1, -0.05) is 48.5 Å². The molecule has 0 aliphatic rings. The Morgan fingerprint density at radius 3 is 2.33 bits per heavy atom. The topological polar surface area (TPSA) is 80.7 Å². The summed E-state index contributed by atoms with van der Waals surface area (Å²) in [6.45, 7) is 0.129. The molecule has 0 saturated carbocycles. The van der Waals surface area contributed by atoms with Crippen LogP contribution in [0.5, 0.6) is 0 Å². The number of hydrogen-bond acceptors (Lipinski definition) is 3. The lowest BCUT2D eigenvalue weighted by molar-refractivity contribution is 0.0697. The Morgan fingerprint density at radius 2 is 1.67 bits per heavy atom. The summed E-state index contributed by atoms with van der Waals surface area (Å²) < 4.78 is 24.8. The quantitative estimate of drug-likeness (QED) is 0.722. The first-order valence-electron chi connectivity index (χ1n) is 7.23. The monoisotopic (exact) mass is 340 g/mol. The van der Waals surface area contributed by atoms with E-state index < -0.39 is 17.2 Å². The Labute approximate surface area is 141 Å². The van der Waals surface area contributed by atoms with Gasteiger partial charge >= 0.3 is 5.97 Å². The summed E-state index contributed by atoms with van der Waals surface area (Å²) in [6.07, 6.45) is 0. The fourth-order valence-corrected chi connectivity index (χ4v) is 3.14. The number of carboxylic acids is 1. The van der Waals surface area contributed by atoms with Gasteiger partial charge in [-0.25, -0.2) is 4.79 Å². The van der Waals surface area contributed by atoms with Crippen LogP contribution in [-0.4, -0.2) is 19.8 Å². The van der Waals surface area contributed by atoms with Gasteiger partial charge < -0.3 is 9.66 Å². The van der Waals surface area contributed by atoms with Crippen molar-refractivity contribution in [1.82, 2.24) is 0 Å². The van der Waals surface area contributed by atoms with E-state index in [4.69, 9.17) is 5.11 Å². The Balaban J connectivity index is 1.98. The summed E-state index contributed by atoms with van der Waals surface area (Å²) in [5.74, 6) is -1.01. The molecule has 0 spiro atoms. The van der Waals surface area contributed by atoms with E-state index in [0.717, 1.165) is 10.8 Å². The number of anilines is 1. The van der Waals surface area contributed by atoms with Gasteiger partial charge in [0.25, 0.3) is 0 Å². The van der Waals surface area contributed by atoms with Crippen LogP contribution in [0.15, 0.2) is 66.7 Å². The van der Waals surface area contributed by atoms with E-state index in [2.05, 4.69) is 0 Å². The molecule has 0 bridgehead atoms. The second kappa shape index (κ2) is 6.82. The maximum absolute atomic E-state index is 11.8. The first kappa shape index (κ1) is 16.2. The highest BCUT2D eigenvalue weighted by molar-refractivity contribution is 7.80. The first-order valence-corrected chi connectivity index (χ1v) is 8.26. The van der Waals surface area contributed by atoms with E-state index in [-0.39, 0.29) is 12.1 Å². The van der Waals surface area contributed by atoms with Crippen molar-refractivity contribution in [2.45, 2.75) is 6.54 Å². The molecule has 0 saturated heterocycles. The van der Waals surface area contributed by atoms with Crippen molar-refractivity contribution in [3.05, 3.63) is 77.9 Å². The van der Waals surface area contributed by atoms with Gasteiger partial charge in [0.2, 0.25) is 0 Å². The maximum Gasteiger partial charge on any atom is 0.335 e. The summed E-state index contributed by atoms with van der Waals surface area (Å²) in [6, 6.07) is 19.2. The molecular formula is C18H14NO4S-. The lowest BCUT2D eigenvalue weighted by Crippen LogP contribution is -2.25. The molecule has 0 aliphatic carbocycles. The van der Waals surface area contributed by atoms with E-state index in [9.17, 15) is 13.6 Å². The van der Waals surface area contributed by atoms with Gasteiger partial charge in [0.15, 0.2) is 0 Å². The molecular weight excluding hydrogens is 326 g/mol. The van der Waals surface area contributed by atoms with Crippen molar-refractivity contribution < 1.29 is 18.7 Å². The molecule has 3 aromatic rings. The highest BCUT2D eigenvalue weighted by atomic mass is 32.2. The average molecular weight is 340 g/mol. The minimum atomic E-state index is -2.46. The number of carboxylic acid groups (broad SMARTS) is 1. The molecule has 3 rings (SSSR count). The largest absolute Gasteiger partial charge is 0.755 e. The second-order valence-electron chi connectivity index (χ2n) is 5.25. The predicted octanol–water partition coefficient (Wildman–Crippen LogP) is 3.34. The van der Waals surface area contributed by atoms with Gasteiger partial charge in [-0.15, -0.1) is 0 Å². The zero-order valence-corrected chi connectivity index (χ0v) is 13.4. The van der Waals surface area contributed by atoms with E-state index in [1.54, 1.807) is 18.2 Å². The van der Waals surface area contributed by atoms with Crippen LogP contribution in [0.2, 0.25) is 0 Å². The number of nitrogens with zero attached hydrogens (tertiary/aromatic N) is 1. The van der Waals surface area contributed by atoms with Gasteiger partial charge in [-0.3, -0.25) is 8.51 Å². The van der Waals surface area contributed by atoms with Gasteiger partial charge in [-0.2, -0.15) is 0 Å². The molecule has 5 nitrogen and oxygen atoms in total. The smallest absolute Gasteiger partial charge is 0.335 e. The zero-order valence-electron chi connectivity index (χ0n) is 12.6. The summed E-state index contributed by atoms with van der Waals surface area (Å²) in [4.78, 5) is 10.9. The van der Waals surface area contributed by atoms with Crippen LogP contribution in [0.4, 0.5) is 5.69 Å². The van der Waals surface area contributed by atoms with E-state index >= 15 is 0 Å². The van der Waals surface area contributed by atoms with Gasteiger partial charge in [0, 0.05) is 16.7 Å². The molecule has 0 fully saturated rings. The molecule has 0 radical (unpaired) electrons. The van der Waals surface area contributed by atoms with Crippen molar-refractivity contribution >= 4 is 33.7 Å². The van der Waals surface area contributed by atoms with Crippen LogP contribution in [0, 0.1) is 0 Å². The van der Waals surface area contributed by atoms with Crippen molar-refractivity contribution in [1.29, 1.82) is 0 Å². The van der Waals surface area contributed by atoms with Crippen LogP contribution in [0.25, 0.3) is 10.8 Å². The predicted molar refractivity (Wildman–Crippen MR) is 92.5 cm³/mol. The summed E-state index contributed by atoms with van der Waals surface area (Å²) in [5, 5.41) is 10.7. The van der Waals surface area contributed by atoms with Crippen LogP contribution in [-0.2, 0) is 17.8 Å². The Bertz CT molecular complexity index is 903. The summed E-state index contributed by atoms with van der Waals surface area (Å²) in [7, 11) is 0. The molecule has 24 heavy (non-hydrogen) atoms. The van der Waals surface area contributed by atoms with Gasteiger partial charge in [-0.05, 0) is 29.1 Å². The van der Waals surface area contributed by atoms with Crippen LogP contribution in [0.3, 0.4) is 0 Å². The summed E-state index contributed by atoms with van der Waals surface area (Å²) >= 11 is -2.46. The Morgan fingerprint density at radius 1 is 1.00 bits per heavy atom. The maximum atomic E-state index is 11.8. The van der Waals surface area contributed by atoms with Crippen LogP contribution >= 0.6 is 0 Å². The minimum absolute atomic E-state index is 0.129. The zero-order chi connectivity index (χ0) is 17.1. The third kappa shape index (κ3) is 3.29. The molecule has 1 N–H and O–H groups in total. The molecule has 0 aromatic heterocycles. The molecule has 3 aromatic carbocycles. The average Bonchev–Trinajstić information content (AvgIpc) is 2.59. The van der Waals surface area contributed by atoms with Gasteiger partial charge in [0.05, 0.1) is 17.8 Å². The normalized spacial score (nSPS) is 12.0. The summed E-state index contributed by atoms with van der Waals surface area (Å²) in [5.41, 5.74) is 1.46. The third-order valence-corrected chi connectivity index (χ3v) is 4.43. The lowest BCUT2D eigenvalue weighted by Gasteiger charge is -2.27. The fourth-order valence-electron chi connectivity index (χ4n) is 2.56. The van der Waals surface area contributed by atoms with E-state index in [1.165, 1.54) is 16.4 Å². The highest BCUT2D eigenvalue weighted by Crippen LogP contribution is 2.28. The number of aromatic carboxylic acids is 1. The Hall–Kier alpha value is -2.70. The first-order chi connectivity index (χ1) is 11.6. The Kier molecular flexibility index (Phi) is 4.59. The number of carbonyl (C=O) groups is 1. The SMILES string of the molecule is O=C(O)c1ccc(CN(c2cccc3ccccc23)S(=O)[O-])cc1. The molecule has 1 atom stereocenters. The van der Waals surface area contributed by atoms with Crippen molar-refractivity contribution in [2.75, 3.05) is 4.31 Å². The third-order valence-electron chi connectivity index (χ3n) is 3.74. The second-order valence-corrected chi connectivity index (χ2v) is 6.13. The molecule has 122 valence electrons. The minimum Gasteiger partial charge on any atom is -0.755 e. The molecule has 6 heteroatoms. The van der Waals surface area contributed by atoms with Gasteiger partial charge in [0.1, 0.15) is 0 Å². The standard InChI is InChI=1S/C18H15NO4S/c20-18(21)15-10-8-13(9-11-15)12-19(24(22)23)17-7-3-5-14-4-1-2-6-16(14)17/h1-11H,12H2,(H,20,21)(H,22,23)/p-1. The highest BCUT2D eigenvalue weighted by Gasteiger charge is 2.12. The number of hydrogen-bond donors (Lipinski definition) is 1. The van der Waals surface area contributed by atoms with Crippen LogP contribution < -0.4 is 4.31 Å². The van der Waals surface area contributed by atoms with Crippen molar-refractivity contribution in [3.63, 3.8) is 0 Å². The fraction of sp³-hybridized carbons (Fsp3) is 0.0556. The number of fused-ring (bicyclic) bond motifs is 1. The van der Waals surface area contributed by atoms with Crippen LogP contribution in [0.1, 0.15) is 15.9 Å². The number of rotatable bonds is 5. The van der Waals surface area contributed by atoms with E-state index in [1.807, 2.05) is 36.4 Å². The van der Waals surface area contributed by atoms with Crippen molar-refractivity contribution in [3.8, 4) is 0 Å². The lowest BCUT2D eigenvalue weighted by atomic mass is 10.1. The molecule has 1 unspecified atom stereocenters. The molecule has 0 aliphatic heterocycles. The molecule has 0 amide bonds. The molecule has 0 heterocycles. The van der Waals surface area contributed by atoms with Crippen molar-refractivity contribution in [2.24, 2.45) is 0 Å². The van der Waals surface area contributed by atoms with E-state index in [0.29, 0.717) is 11.3 Å². The number of benzene rings is 3.